The molecule has 0 fully saturated rings. The van der Waals surface area contributed by atoms with Gasteiger partial charge in [-0.25, -0.2) is 8.42 Å². The number of sulfonamides is 1. The number of benzene rings is 2. The minimum Gasteiger partial charge on any atom is -0.207 e. The highest BCUT2D eigenvalue weighted by molar-refractivity contribution is 7.89. The van der Waals surface area contributed by atoms with E-state index in [9.17, 15) is 30.4 Å². The first-order chi connectivity index (χ1) is 11.8. The third kappa shape index (κ3) is 4.33. The van der Waals surface area contributed by atoms with E-state index in [1.165, 1.54) is 16.9 Å². The van der Waals surface area contributed by atoms with E-state index in [1.807, 2.05) is 0 Å². The van der Waals surface area contributed by atoms with Gasteiger partial charge in [-0.3, -0.25) is 0 Å². The molecule has 0 aliphatic carbocycles. The summed E-state index contributed by atoms with van der Waals surface area (Å²) in [4.78, 5) is -0.431. The second-order valence-corrected chi connectivity index (χ2v) is 7.69. The van der Waals surface area contributed by atoms with Crippen LogP contribution in [0.1, 0.15) is 17.2 Å². The molecule has 142 valence electrons. The fourth-order valence-corrected chi connectivity index (χ4v) is 3.46. The third-order valence-electron chi connectivity index (χ3n) is 3.55. The van der Waals surface area contributed by atoms with Crippen molar-refractivity contribution in [2.45, 2.75) is 30.0 Å². The van der Waals surface area contributed by atoms with Crippen molar-refractivity contribution in [1.29, 1.82) is 0 Å². The Kier molecular flexibility index (Phi) is 5.65. The van der Waals surface area contributed by atoms with Crippen LogP contribution >= 0.6 is 11.6 Å². The Morgan fingerprint density at radius 2 is 1.42 bits per heavy atom. The Hall–Kier alpha value is -1.71. The van der Waals surface area contributed by atoms with Gasteiger partial charge in [0.15, 0.2) is 0 Å². The molecule has 0 saturated heterocycles. The number of aryl methyl sites for hydroxylation is 1. The van der Waals surface area contributed by atoms with Crippen molar-refractivity contribution in [1.82, 2.24) is 4.72 Å². The van der Waals surface area contributed by atoms with Crippen molar-refractivity contribution in [3.63, 3.8) is 0 Å². The van der Waals surface area contributed by atoms with Gasteiger partial charge in [0.2, 0.25) is 10.0 Å². The molecule has 1 atom stereocenters. The van der Waals surface area contributed by atoms with Gasteiger partial charge < -0.3 is 0 Å². The van der Waals surface area contributed by atoms with E-state index < -0.39 is 38.6 Å². The Morgan fingerprint density at radius 3 is 1.88 bits per heavy atom. The summed E-state index contributed by atoms with van der Waals surface area (Å²) in [5.74, 6) is -5.35. The average Bonchev–Trinajstić information content (AvgIpc) is 2.53. The number of rotatable bonds is 5. The number of alkyl halides is 5. The van der Waals surface area contributed by atoms with Gasteiger partial charge in [-0.2, -0.15) is 26.7 Å². The molecule has 1 unspecified atom stereocenters. The van der Waals surface area contributed by atoms with Crippen LogP contribution in [0.4, 0.5) is 22.0 Å². The molecular weight excluding hydrogens is 401 g/mol. The summed E-state index contributed by atoms with van der Waals surface area (Å²) in [6.07, 6.45) is -5.97. The van der Waals surface area contributed by atoms with Crippen molar-refractivity contribution >= 4 is 21.6 Å². The van der Waals surface area contributed by atoms with E-state index in [0.717, 1.165) is 36.4 Å². The first kappa shape index (κ1) is 20.6. The Bertz CT molecular complexity index is 865. The molecule has 0 aliphatic rings. The normalized spacial score (nSPS) is 14.3. The highest BCUT2D eigenvalue weighted by Crippen LogP contribution is 2.45. The fraction of sp³-hybridized carbons (Fsp3) is 0.250. The quantitative estimate of drug-likeness (QED) is 0.711. The fourth-order valence-electron chi connectivity index (χ4n) is 2.11. The monoisotopic (exact) mass is 413 g/mol. The molecule has 0 spiro atoms. The zero-order chi connectivity index (χ0) is 19.8. The molecule has 1 N–H and O–H groups in total. The van der Waals surface area contributed by atoms with Gasteiger partial charge in [0.05, 0.1) is 4.90 Å². The lowest BCUT2D eigenvalue weighted by molar-refractivity contribution is -0.292. The van der Waals surface area contributed by atoms with Crippen LogP contribution in [0.3, 0.4) is 0 Å². The minimum absolute atomic E-state index is 0.101. The first-order valence-electron chi connectivity index (χ1n) is 7.13. The average molecular weight is 414 g/mol. The summed E-state index contributed by atoms with van der Waals surface area (Å²) >= 11 is 5.62. The predicted molar refractivity (Wildman–Crippen MR) is 86.7 cm³/mol. The van der Waals surface area contributed by atoms with Gasteiger partial charge in [0.25, 0.3) is 0 Å². The van der Waals surface area contributed by atoms with E-state index in [4.69, 9.17) is 11.6 Å². The van der Waals surface area contributed by atoms with E-state index in [2.05, 4.69) is 0 Å². The molecule has 0 heterocycles. The zero-order valence-corrected chi connectivity index (χ0v) is 14.8. The minimum atomic E-state index is -5.97. The molecule has 0 radical (unpaired) electrons. The van der Waals surface area contributed by atoms with Crippen LogP contribution in [0, 0.1) is 6.92 Å². The highest BCUT2D eigenvalue weighted by atomic mass is 35.5. The van der Waals surface area contributed by atoms with Crippen molar-refractivity contribution in [3.05, 3.63) is 64.7 Å². The molecule has 0 aromatic heterocycles. The Balaban J connectivity index is 2.51. The van der Waals surface area contributed by atoms with Gasteiger partial charge in [-0.15, -0.1) is 0 Å². The summed E-state index contributed by atoms with van der Waals surface area (Å²) in [5.41, 5.74) is 0.117. The zero-order valence-electron chi connectivity index (χ0n) is 13.2. The molecule has 0 aliphatic heterocycles. The molecular formula is C16H13ClF5NO2S. The smallest absolute Gasteiger partial charge is 0.207 e. The molecule has 26 heavy (non-hydrogen) atoms. The van der Waals surface area contributed by atoms with Crippen molar-refractivity contribution < 1.29 is 30.4 Å². The number of nitrogens with one attached hydrogen (secondary N) is 1. The van der Waals surface area contributed by atoms with Gasteiger partial charge >= 0.3 is 12.1 Å². The Morgan fingerprint density at radius 1 is 0.923 bits per heavy atom. The van der Waals surface area contributed by atoms with E-state index in [0.29, 0.717) is 5.56 Å². The second-order valence-electron chi connectivity index (χ2n) is 5.54. The van der Waals surface area contributed by atoms with Crippen LogP contribution in [0.5, 0.6) is 0 Å². The third-order valence-corrected chi connectivity index (χ3v) is 5.24. The van der Waals surface area contributed by atoms with Crippen LogP contribution in [0.2, 0.25) is 5.02 Å². The van der Waals surface area contributed by atoms with E-state index >= 15 is 0 Å². The van der Waals surface area contributed by atoms with Crippen LogP contribution in [0.15, 0.2) is 53.4 Å². The molecule has 3 nitrogen and oxygen atoms in total. The lowest BCUT2D eigenvalue weighted by atomic mass is 10.0. The summed E-state index contributed by atoms with van der Waals surface area (Å²) < 4.78 is 92.7. The van der Waals surface area contributed by atoms with E-state index in [1.54, 1.807) is 6.92 Å². The second kappa shape index (κ2) is 7.13. The Labute approximate surface area is 151 Å². The first-order valence-corrected chi connectivity index (χ1v) is 9.00. The van der Waals surface area contributed by atoms with E-state index in [-0.39, 0.29) is 5.02 Å². The van der Waals surface area contributed by atoms with Gasteiger partial charge in [0.1, 0.15) is 6.04 Å². The highest BCUT2D eigenvalue weighted by Gasteiger charge is 2.63. The number of hydrogen-bond donors (Lipinski definition) is 1. The largest absolute Gasteiger partial charge is 0.455 e. The van der Waals surface area contributed by atoms with Crippen molar-refractivity contribution in [3.8, 4) is 0 Å². The summed E-state index contributed by atoms with van der Waals surface area (Å²) in [6, 6.07) is 6.17. The van der Waals surface area contributed by atoms with Crippen LogP contribution in [0.25, 0.3) is 0 Å². The topological polar surface area (TPSA) is 46.2 Å². The van der Waals surface area contributed by atoms with Gasteiger partial charge in [0, 0.05) is 5.02 Å². The predicted octanol–water partition coefficient (Wildman–Crippen LogP) is 4.87. The maximum absolute atomic E-state index is 14.0. The van der Waals surface area contributed by atoms with Crippen molar-refractivity contribution in [2.24, 2.45) is 0 Å². The molecule has 10 heteroatoms. The number of hydrogen-bond acceptors (Lipinski definition) is 2. The van der Waals surface area contributed by atoms with Crippen LogP contribution < -0.4 is 4.72 Å². The lowest BCUT2D eigenvalue weighted by Gasteiger charge is -2.29. The summed E-state index contributed by atoms with van der Waals surface area (Å²) in [6.45, 7) is 1.66. The summed E-state index contributed by atoms with van der Waals surface area (Å²) in [7, 11) is -4.64. The van der Waals surface area contributed by atoms with Crippen LogP contribution in [-0.4, -0.2) is 20.5 Å². The molecule has 2 aromatic carbocycles. The SMILES string of the molecule is Cc1ccc(S(=O)(=O)NC(c2ccc(Cl)cc2)C(F)(F)C(F)(F)F)cc1. The molecule has 0 saturated carbocycles. The maximum atomic E-state index is 14.0. The van der Waals surface area contributed by atoms with Crippen molar-refractivity contribution in [2.75, 3.05) is 0 Å². The van der Waals surface area contributed by atoms with Crippen LogP contribution in [-0.2, 0) is 10.0 Å². The molecule has 2 aromatic rings. The number of halogens is 6. The molecule has 0 amide bonds. The standard InChI is InChI=1S/C16H13ClF5NO2S/c1-10-2-8-13(9-3-10)26(24,25)23-14(15(18,19)16(20,21)22)11-4-6-12(17)7-5-11/h2-9,14,23H,1H3. The van der Waals surface area contributed by atoms with Gasteiger partial charge in [-0.1, -0.05) is 41.4 Å². The maximum Gasteiger partial charge on any atom is 0.455 e. The molecule has 2 rings (SSSR count). The summed E-state index contributed by atoms with van der Waals surface area (Å²) in [5, 5.41) is 0.101. The lowest BCUT2D eigenvalue weighted by Crippen LogP contribution is -2.49. The van der Waals surface area contributed by atoms with Gasteiger partial charge in [-0.05, 0) is 36.8 Å². The molecule has 0 bridgehead atoms.